The molecule has 1 rings (SSSR count). The van der Waals surface area contributed by atoms with Gasteiger partial charge in [-0.2, -0.15) is 11.3 Å². The van der Waals surface area contributed by atoms with Crippen LogP contribution in [-0.4, -0.2) is 35.4 Å². The second-order valence-electron chi connectivity index (χ2n) is 3.15. The Bertz CT molecular complexity index is 516. The van der Waals surface area contributed by atoms with Gasteiger partial charge in [0.15, 0.2) is 9.84 Å². The zero-order valence-electron chi connectivity index (χ0n) is 8.71. The molecule has 92 valence electrons. The summed E-state index contributed by atoms with van der Waals surface area (Å²) in [5, 5.41) is 3.22. The molecule has 0 spiro atoms. The highest BCUT2D eigenvalue weighted by molar-refractivity contribution is 7.91. The minimum absolute atomic E-state index is 0.0986. The third-order valence-electron chi connectivity index (χ3n) is 1.99. The Hall–Kier alpha value is -0.440. The summed E-state index contributed by atoms with van der Waals surface area (Å²) in [5.74, 6) is -0.322. The molecule has 0 fully saturated rings. The fraction of sp³-hybridized carbons (Fsp3) is 0.500. The maximum atomic E-state index is 11.7. The van der Waals surface area contributed by atoms with Crippen LogP contribution in [0.1, 0.15) is 6.42 Å². The molecule has 1 aromatic heterocycles. The molecule has 0 aromatic carbocycles. The van der Waals surface area contributed by atoms with Crippen LogP contribution in [-0.2, 0) is 19.9 Å². The number of hydrogen-bond acceptors (Lipinski definition) is 5. The zero-order chi connectivity index (χ0) is 12.2. The molecule has 0 aliphatic rings. The number of thiophene rings is 1. The van der Waals surface area contributed by atoms with Crippen LogP contribution in [0.4, 0.5) is 0 Å². The molecule has 16 heavy (non-hydrogen) atoms. The van der Waals surface area contributed by atoms with Crippen LogP contribution < -0.4 is 4.72 Å². The molecule has 0 atom stereocenters. The van der Waals surface area contributed by atoms with Crippen LogP contribution in [0.25, 0.3) is 0 Å². The average molecular weight is 283 g/mol. The molecular formula is C8H13NO4S3. The fourth-order valence-corrected chi connectivity index (χ4v) is 4.39. The van der Waals surface area contributed by atoms with E-state index in [1.807, 2.05) is 0 Å². The first kappa shape index (κ1) is 13.6. The first-order chi connectivity index (χ1) is 7.37. The van der Waals surface area contributed by atoms with Gasteiger partial charge in [0, 0.05) is 5.38 Å². The van der Waals surface area contributed by atoms with Gasteiger partial charge in [-0.15, -0.1) is 0 Å². The van der Waals surface area contributed by atoms with Gasteiger partial charge >= 0.3 is 0 Å². The molecule has 0 bridgehead atoms. The Morgan fingerprint density at radius 2 is 1.94 bits per heavy atom. The van der Waals surface area contributed by atoms with E-state index in [1.165, 1.54) is 24.5 Å². The van der Waals surface area contributed by atoms with Gasteiger partial charge < -0.3 is 0 Å². The van der Waals surface area contributed by atoms with Gasteiger partial charge in [-0.05, 0) is 24.9 Å². The summed E-state index contributed by atoms with van der Waals surface area (Å²) in [4.78, 5) is 0.263. The second kappa shape index (κ2) is 5.26. The number of nitrogens with one attached hydrogen (secondary N) is 1. The van der Waals surface area contributed by atoms with Crippen LogP contribution >= 0.6 is 11.3 Å². The van der Waals surface area contributed by atoms with Crippen molar-refractivity contribution in [3.63, 3.8) is 0 Å². The molecular weight excluding hydrogens is 270 g/mol. The van der Waals surface area contributed by atoms with E-state index in [4.69, 9.17) is 0 Å². The molecule has 1 N–H and O–H groups in total. The average Bonchev–Trinajstić information content (AvgIpc) is 2.70. The first-order valence-corrected chi connectivity index (χ1v) is 8.78. The molecule has 0 aliphatic carbocycles. The molecule has 1 aromatic rings. The van der Waals surface area contributed by atoms with Crippen LogP contribution in [0.3, 0.4) is 0 Å². The Balaban J connectivity index is 2.57. The van der Waals surface area contributed by atoms with Gasteiger partial charge in [-0.1, -0.05) is 0 Å². The summed E-state index contributed by atoms with van der Waals surface area (Å²) < 4.78 is 47.6. The van der Waals surface area contributed by atoms with Crippen LogP contribution in [0.15, 0.2) is 21.7 Å². The van der Waals surface area contributed by atoms with Gasteiger partial charge in [-0.25, -0.2) is 21.6 Å². The lowest BCUT2D eigenvalue weighted by molar-refractivity contribution is 0.584. The van der Waals surface area contributed by atoms with E-state index in [1.54, 1.807) is 10.8 Å². The van der Waals surface area contributed by atoms with Crippen LogP contribution in [0.2, 0.25) is 0 Å². The smallest absolute Gasteiger partial charge is 0.211 e. The van der Waals surface area contributed by atoms with Crippen LogP contribution in [0.5, 0.6) is 0 Å². The normalized spacial score (nSPS) is 12.8. The minimum atomic E-state index is -3.33. The predicted octanol–water partition coefficient (Wildman–Crippen LogP) is 0.461. The number of rotatable bonds is 6. The Morgan fingerprint density at radius 1 is 1.25 bits per heavy atom. The van der Waals surface area contributed by atoms with Crippen LogP contribution in [0, 0.1) is 0 Å². The number of hydrogen-bond donors (Lipinski definition) is 1. The highest BCUT2D eigenvalue weighted by Crippen LogP contribution is 2.15. The van der Waals surface area contributed by atoms with E-state index in [0.717, 1.165) is 0 Å². The van der Waals surface area contributed by atoms with Gasteiger partial charge in [0.05, 0.1) is 16.4 Å². The van der Waals surface area contributed by atoms with Crippen molar-refractivity contribution in [1.82, 2.24) is 4.72 Å². The minimum Gasteiger partial charge on any atom is -0.224 e. The Kier molecular flexibility index (Phi) is 4.48. The van der Waals surface area contributed by atoms with Crippen molar-refractivity contribution < 1.29 is 16.8 Å². The highest BCUT2D eigenvalue weighted by Gasteiger charge is 2.16. The molecule has 0 saturated carbocycles. The Labute approximate surface area is 99.5 Å². The van der Waals surface area contributed by atoms with E-state index in [-0.39, 0.29) is 22.8 Å². The van der Waals surface area contributed by atoms with Gasteiger partial charge in [0.2, 0.25) is 10.0 Å². The third kappa shape index (κ3) is 3.85. The quantitative estimate of drug-likeness (QED) is 0.822. The fourth-order valence-electron chi connectivity index (χ4n) is 1.09. The molecule has 0 radical (unpaired) electrons. The SMILES string of the molecule is CNS(=O)(=O)CCCS(=O)(=O)c1ccsc1. The van der Waals surface area contributed by atoms with Crippen molar-refractivity contribution in [2.24, 2.45) is 0 Å². The van der Waals surface area contributed by atoms with E-state index in [0.29, 0.717) is 0 Å². The van der Waals surface area contributed by atoms with E-state index in [9.17, 15) is 16.8 Å². The van der Waals surface area contributed by atoms with Gasteiger partial charge in [-0.3, -0.25) is 0 Å². The first-order valence-electron chi connectivity index (χ1n) is 4.53. The van der Waals surface area contributed by atoms with Gasteiger partial charge in [0.25, 0.3) is 0 Å². The van der Waals surface area contributed by atoms with E-state index >= 15 is 0 Å². The molecule has 8 heteroatoms. The van der Waals surface area contributed by atoms with E-state index < -0.39 is 19.9 Å². The maximum Gasteiger partial charge on any atom is 0.211 e. The lowest BCUT2D eigenvalue weighted by Gasteiger charge is -2.03. The maximum absolute atomic E-state index is 11.7. The summed E-state index contributed by atoms with van der Waals surface area (Å²) in [6.45, 7) is 0. The molecule has 0 amide bonds. The van der Waals surface area contributed by atoms with Crippen molar-refractivity contribution in [3.05, 3.63) is 16.8 Å². The number of sulfonamides is 1. The lowest BCUT2D eigenvalue weighted by Crippen LogP contribution is -2.23. The summed E-state index contributed by atoms with van der Waals surface area (Å²) in [5.41, 5.74) is 0. The largest absolute Gasteiger partial charge is 0.224 e. The third-order valence-corrected chi connectivity index (χ3v) is 6.07. The van der Waals surface area contributed by atoms with Crippen molar-refractivity contribution >= 4 is 31.2 Å². The van der Waals surface area contributed by atoms with E-state index in [2.05, 4.69) is 4.72 Å². The standard InChI is InChI=1S/C8H13NO4S3/c1-9-16(12,13)6-2-5-15(10,11)8-3-4-14-7-8/h3-4,7,9H,2,5-6H2,1H3. The molecule has 0 unspecified atom stereocenters. The highest BCUT2D eigenvalue weighted by atomic mass is 32.2. The van der Waals surface area contributed by atoms with Crippen molar-refractivity contribution in [3.8, 4) is 0 Å². The number of sulfone groups is 1. The summed E-state index contributed by atoms with van der Waals surface area (Å²) >= 11 is 1.30. The summed E-state index contributed by atoms with van der Waals surface area (Å²) in [7, 11) is -5.34. The molecule has 1 heterocycles. The van der Waals surface area contributed by atoms with Crippen molar-refractivity contribution in [1.29, 1.82) is 0 Å². The molecule has 0 saturated heterocycles. The lowest BCUT2D eigenvalue weighted by atomic mass is 10.6. The van der Waals surface area contributed by atoms with Gasteiger partial charge in [0.1, 0.15) is 0 Å². The topological polar surface area (TPSA) is 80.3 Å². The van der Waals surface area contributed by atoms with Crippen molar-refractivity contribution in [2.45, 2.75) is 11.3 Å². The summed E-state index contributed by atoms with van der Waals surface area (Å²) in [6.07, 6.45) is 0.0986. The van der Waals surface area contributed by atoms with Crippen molar-refractivity contribution in [2.75, 3.05) is 18.6 Å². The second-order valence-corrected chi connectivity index (χ2v) is 8.09. The zero-order valence-corrected chi connectivity index (χ0v) is 11.2. The Morgan fingerprint density at radius 3 is 2.44 bits per heavy atom. The molecule has 0 aliphatic heterocycles. The summed E-state index contributed by atoms with van der Waals surface area (Å²) in [6, 6.07) is 1.52. The monoisotopic (exact) mass is 283 g/mol. The molecule has 5 nitrogen and oxygen atoms in total. The predicted molar refractivity (Wildman–Crippen MR) is 63.8 cm³/mol.